The summed E-state index contributed by atoms with van der Waals surface area (Å²) >= 11 is 0. The first-order valence-electron chi connectivity index (χ1n) is 6.06. The zero-order chi connectivity index (χ0) is 12.4. The van der Waals surface area contributed by atoms with E-state index >= 15 is 0 Å². The molecule has 0 saturated carbocycles. The van der Waals surface area contributed by atoms with Gasteiger partial charge >= 0.3 is 0 Å². The molecule has 2 heterocycles. The van der Waals surface area contributed by atoms with Crippen LogP contribution in [0.25, 0.3) is 11.4 Å². The molecule has 2 N–H and O–H groups in total. The lowest BCUT2D eigenvalue weighted by atomic mass is 10.2. The first-order chi connectivity index (χ1) is 8.83. The monoisotopic (exact) mass is 245 g/mol. The van der Waals surface area contributed by atoms with Crippen LogP contribution in [0.15, 0.2) is 24.3 Å². The standard InChI is InChI=1S/C12H15N5O/c13-10-4-1-3-9(7-10)12-14-15-16-17(12)8-11-5-2-6-18-11/h1,3-4,7,11H,2,5-6,8,13H2. The third-order valence-corrected chi connectivity index (χ3v) is 3.08. The highest BCUT2D eigenvalue weighted by atomic mass is 16.5. The Hall–Kier alpha value is -1.95. The molecule has 6 heteroatoms. The molecule has 1 fully saturated rings. The molecular formula is C12H15N5O. The molecule has 2 aromatic rings. The van der Waals surface area contributed by atoms with Gasteiger partial charge in [-0.05, 0) is 35.4 Å². The van der Waals surface area contributed by atoms with Crippen LogP contribution in [-0.2, 0) is 11.3 Å². The Kier molecular flexibility index (Phi) is 2.93. The van der Waals surface area contributed by atoms with Gasteiger partial charge in [-0.3, -0.25) is 0 Å². The fraction of sp³-hybridized carbons (Fsp3) is 0.417. The van der Waals surface area contributed by atoms with Crippen LogP contribution < -0.4 is 5.73 Å². The summed E-state index contributed by atoms with van der Waals surface area (Å²) in [6, 6.07) is 7.57. The number of hydrogen-bond acceptors (Lipinski definition) is 5. The van der Waals surface area contributed by atoms with Gasteiger partial charge in [-0.15, -0.1) is 5.10 Å². The van der Waals surface area contributed by atoms with Crippen LogP contribution in [0.5, 0.6) is 0 Å². The number of anilines is 1. The van der Waals surface area contributed by atoms with Crippen molar-refractivity contribution in [1.82, 2.24) is 20.2 Å². The van der Waals surface area contributed by atoms with Crippen LogP contribution in [0.1, 0.15) is 12.8 Å². The lowest BCUT2D eigenvalue weighted by Crippen LogP contribution is -2.17. The number of benzene rings is 1. The van der Waals surface area contributed by atoms with Crippen molar-refractivity contribution in [2.45, 2.75) is 25.5 Å². The quantitative estimate of drug-likeness (QED) is 0.819. The molecule has 0 radical (unpaired) electrons. The minimum absolute atomic E-state index is 0.216. The van der Waals surface area contributed by atoms with Crippen molar-refractivity contribution in [1.29, 1.82) is 0 Å². The Balaban J connectivity index is 1.86. The minimum atomic E-state index is 0.216. The summed E-state index contributed by atoms with van der Waals surface area (Å²) in [4.78, 5) is 0. The summed E-state index contributed by atoms with van der Waals surface area (Å²) < 4.78 is 7.38. The van der Waals surface area contributed by atoms with Crippen molar-refractivity contribution in [2.75, 3.05) is 12.3 Å². The van der Waals surface area contributed by atoms with Crippen molar-refractivity contribution < 1.29 is 4.74 Å². The van der Waals surface area contributed by atoms with Crippen molar-refractivity contribution >= 4 is 5.69 Å². The van der Waals surface area contributed by atoms with Crippen LogP contribution >= 0.6 is 0 Å². The van der Waals surface area contributed by atoms with Crippen LogP contribution in [0.2, 0.25) is 0 Å². The molecule has 1 saturated heterocycles. The highest BCUT2D eigenvalue weighted by Gasteiger charge is 2.19. The highest BCUT2D eigenvalue weighted by molar-refractivity contribution is 5.60. The van der Waals surface area contributed by atoms with Gasteiger partial charge in [-0.2, -0.15) is 0 Å². The second-order valence-corrected chi connectivity index (χ2v) is 4.45. The molecule has 1 unspecified atom stereocenters. The Morgan fingerprint density at radius 1 is 1.44 bits per heavy atom. The van der Waals surface area contributed by atoms with Crippen LogP contribution in [0.4, 0.5) is 5.69 Å². The van der Waals surface area contributed by atoms with E-state index in [4.69, 9.17) is 10.5 Å². The predicted molar refractivity (Wildman–Crippen MR) is 66.6 cm³/mol. The zero-order valence-electron chi connectivity index (χ0n) is 9.99. The predicted octanol–water partition coefficient (Wildman–Crippen LogP) is 1.10. The van der Waals surface area contributed by atoms with E-state index < -0.39 is 0 Å². The van der Waals surface area contributed by atoms with E-state index in [0.717, 1.165) is 30.8 Å². The van der Waals surface area contributed by atoms with E-state index in [1.165, 1.54) is 0 Å². The summed E-state index contributed by atoms with van der Waals surface area (Å²) in [6.07, 6.45) is 2.39. The molecule has 6 nitrogen and oxygen atoms in total. The zero-order valence-corrected chi connectivity index (χ0v) is 9.99. The first-order valence-corrected chi connectivity index (χ1v) is 6.06. The van der Waals surface area contributed by atoms with E-state index in [1.54, 1.807) is 4.68 Å². The number of nitrogens with zero attached hydrogens (tertiary/aromatic N) is 4. The summed E-state index contributed by atoms with van der Waals surface area (Å²) in [5, 5.41) is 11.8. The van der Waals surface area contributed by atoms with Crippen LogP contribution in [0, 0.1) is 0 Å². The Morgan fingerprint density at radius 3 is 3.17 bits per heavy atom. The lowest BCUT2D eigenvalue weighted by Gasteiger charge is -2.10. The van der Waals surface area contributed by atoms with E-state index in [9.17, 15) is 0 Å². The molecule has 0 bridgehead atoms. The summed E-state index contributed by atoms with van der Waals surface area (Å²) in [5.74, 6) is 0.734. The van der Waals surface area contributed by atoms with Crippen molar-refractivity contribution in [3.8, 4) is 11.4 Å². The van der Waals surface area contributed by atoms with E-state index in [0.29, 0.717) is 12.2 Å². The Morgan fingerprint density at radius 2 is 2.39 bits per heavy atom. The summed E-state index contributed by atoms with van der Waals surface area (Å²) in [6.45, 7) is 1.53. The third kappa shape index (κ3) is 2.19. The third-order valence-electron chi connectivity index (χ3n) is 3.08. The highest BCUT2D eigenvalue weighted by Crippen LogP contribution is 2.20. The van der Waals surface area contributed by atoms with Gasteiger partial charge in [0.05, 0.1) is 12.6 Å². The second kappa shape index (κ2) is 4.73. The molecule has 1 aliphatic heterocycles. The number of rotatable bonds is 3. The van der Waals surface area contributed by atoms with Gasteiger partial charge < -0.3 is 10.5 Å². The van der Waals surface area contributed by atoms with Crippen molar-refractivity contribution in [2.24, 2.45) is 0 Å². The molecule has 1 aliphatic rings. The van der Waals surface area contributed by atoms with Gasteiger partial charge in [0.1, 0.15) is 0 Å². The maximum Gasteiger partial charge on any atom is 0.182 e. The van der Waals surface area contributed by atoms with Gasteiger partial charge in [-0.1, -0.05) is 12.1 Å². The van der Waals surface area contributed by atoms with E-state index in [-0.39, 0.29) is 6.10 Å². The topological polar surface area (TPSA) is 78.9 Å². The van der Waals surface area contributed by atoms with Gasteiger partial charge in [0.15, 0.2) is 5.82 Å². The number of ether oxygens (including phenoxy) is 1. The SMILES string of the molecule is Nc1cccc(-c2nnnn2CC2CCCO2)c1. The Bertz CT molecular complexity index is 533. The number of hydrogen-bond donors (Lipinski definition) is 1. The number of tetrazole rings is 1. The molecular weight excluding hydrogens is 230 g/mol. The van der Waals surface area contributed by atoms with Crippen LogP contribution in [-0.4, -0.2) is 32.9 Å². The van der Waals surface area contributed by atoms with E-state index in [2.05, 4.69) is 15.5 Å². The molecule has 1 aromatic carbocycles. The largest absolute Gasteiger partial charge is 0.399 e. The average Bonchev–Trinajstić information content (AvgIpc) is 3.01. The molecule has 1 atom stereocenters. The van der Waals surface area contributed by atoms with Gasteiger partial charge in [0.25, 0.3) is 0 Å². The fourth-order valence-corrected chi connectivity index (χ4v) is 2.19. The molecule has 0 aliphatic carbocycles. The normalized spacial score (nSPS) is 19.2. The van der Waals surface area contributed by atoms with Crippen LogP contribution in [0.3, 0.4) is 0 Å². The maximum atomic E-state index is 5.78. The lowest BCUT2D eigenvalue weighted by molar-refractivity contribution is 0.0939. The van der Waals surface area contributed by atoms with Gasteiger partial charge in [-0.25, -0.2) is 4.68 Å². The number of nitrogens with two attached hydrogens (primary N) is 1. The van der Waals surface area contributed by atoms with Crippen molar-refractivity contribution in [3.05, 3.63) is 24.3 Å². The average molecular weight is 245 g/mol. The first kappa shape index (κ1) is 11.2. The minimum Gasteiger partial charge on any atom is -0.399 e. The number of aromatic nitrogens is 4. The van der Waals surface area contributed by atoms with Gasteiger partial charge in [0.2, 0.25) is 0 Å². The fourth-order valence-electron chi connectivity index (χ4n) is 2.19. The molecule has 18 heavy (non-hydrogen) atoms. The van der Waals surface area contributed by atoms with Gasteiger partial charge in [0, 0.05) is 17.9 Å². The molecule has 94 valence electrons. The maximum absolute atomic E-state index is 5.78. The summed E-state index contributed by atoms with van der Waals surface area (Å²) in [5.41, 5.74) is 7.41. The smallest absolute Gasteiger partial charge is 0.182 e. The summed E-state index contributed by atoms with van der Waals surface area (Å²) in [7, 11) is 0. The van der Waals surface area contributed by atoms with E-state index in [1.807, 2.05) is 24.3 Å². The Labute approximate surface area is 105 Å². The molecule has 3 rings (SSSR count). The number of nitrogen functional groups attached to an aromatic ring is 1. The van der Waals surface area contributed by atoms with Crippen molar-refractivity contribution in [3.63, 3.8) is 0 Å². The second-order valence-electron chi connectivity index (χ2n) is 4.45. The molecule has 0 spiro atoms. The molecule has 0 amide bonds. The molecule has 1 aromatic heterocycles.